The molecule has 0 atom stereocenters. The third kappa shape index (κ3) is 4.80. The van der Waals surface area contributed by atoms with E-state index in [0.29, 0.717) is 17.5 Å². The van der Waals surface area contributed by atoms with Crippen LogP contribution < -0.4 is 0 Å². The molecule has 0 aliphatic heterocycles. The van der Waals surface area contributed by atoms with Gasteiger partial charge in [0.2, 0.25) is 0 Å². The molecule has 9 rings (SSSR count). The van der Waals surface area contributed by atoms with Gasteiger partial charge in [-0.15, -0.1) is 10.2 Å². The van der Waals surface area contributed by atoms with E-state index in [0.717, 1.165) is 66.1 Å². The molecule has 47 heavy (non-hydrogen) atoms. The molecule has 0 unspecified atom stereocenters. The van der Waals surface area contributed by atoms with Gasteiger partial charge in [-0.1, -0.05) is 133 Å². The average Bonchev–Trinajstić information content (AvgIpc) is 3.60. The van der Waals surface area contributed by atoms with Crippen molar-refractivity contribution < 1.29 is 0 Å². The molecule has 0 N–H and O–H groups in total. The van der Waals surface area contributed by atoms with Crippen molar-refractivity contribution in [3.8, 4) is 51.0 Å². The lowest BCUT2D eigenvalue weighted by atomic mass is 9.94. The van der Waals surface area contributed by atoms with Crippen molar-refractivity contribution in [3.05, 3.63) is 158 Å². The van der Waals surface area contributed by atoms with Gasteiger partial charge in [-0.3, -0.25) is 0 Å². The fourth-order valence-corrected chi connectivity index (χ4v) is 6.23. The molecule has 0 radical (unpaired) electrons. The second-order valence-electron chi connectivity index (χ2n) is 11.4. The van der Waals surface area contributed by atoms with Crippen LogP contribution in [0.25, 0.3) is 83.6 Å². The van der Waals surface area contributed by atoms with Crippen molar-refractivity contribution in [1.29, 1.82) is 0 Å². The van der Waals surface area contributed by atoms with Crippen LogP contribution in [0.5, 0.6) is 0 Å². The molecule has 7 aromatic carbocycles. The average molecular weight is 603 g/mol. The normalized spacial score (nSPS) is 11.4. The van der Waals surface area contributed by atoms with Crippen molar-refractivity contribution in [1.82, 2.24) is 29.9 Å². The predicted molar refractivity (Wildman–Crippen MR) is 189 cm³/mol. The summed E-state index contributed by atoms with van der Waals surface area (Å²) in [5, 5.41) is 14.2. The first-order valence-electron chi connectivity index (χ1n) is 15.5. The number of hydrogen-bond donors (Lipinski definition) is 0. The van der Waals surface area contributed by atoms with Gasteiger partial charge in [0, 0.05) is 22.1 Å². The summed E-state index contributed by atoms with van der Waals surface area (Å²) in [5.74, 6) is 1.91. The number of rotatable bonds is 5. The highest BCUT2D eigenvalue weighted by Gasteiger charge is 2.17. The molecule has 2 heterocycles. The second kappa shape index (κ2) is 11.1. The molecule has 0 bridgehead atoms. The maximum atomic E-state index is 5.01. The Morgan fingerprint density at radius 2 is 0.979 bits per heavy atom. The van der Waals surface area contributed by atoms with Crippen LogP contribution >= 0.6 is 0 Å². The summed E-state index contributed by atoms with van der Waals surface area (Å²) in [6.07, 6.45) is 0. The quantitative estimate of drug-likeness (QED) is 0.184. The lowest BCUT2D eigenvalue weighted by molar-refractivity contribution is 0.766. The Kier molecular flexibility index (Phi) is 6.35. The molecule has 0 fully saturated rings. The maximum Gasteiger partial charge on any atom is 0.164 e. The lowest BCUT2D eigenvalue weighted by Gasteiger charge is -2.13. The molecule has 0 saturated carbocycles. The summed E-state index contributed by atoms with van der Waals surface area (Å²) < 4.78 is 0. The zero-order valence-corrected chi connectivity index (χ0v) is 25.2. The van der Waals surface area contributed by atoms with Crippen LogP contribution in [0.3, 0.4) is 0 Å². The highest BCUT2D eigenvalue weighted by atomic mass is 15.5. The number of hydrogen-bond acceptors (Lipinski definition) is 5. The van der Waals surface area contributed by atoms with E-state index in [-0.39, 0.29) is 0 Å². The first kappa shape index (κ1) is 26.8. The van der Waals surface area contributed by atoms with Crippen molar-refractivity contribution in [2.45, 2.75) is 0 Å². The van der Waals surface area contributed by atoms with E-state index in [1.165, 1.54) is 0 Å². The topological polar surface area (TPSA) is 69.4 Å². The highest BCUT2D eigenvalue weighted by Crippen LogP contribution is 2.37. The molecule has 2 aromatic heterocycles. The third-order valence-electron chi connectivity index (χ3n) is 8.51. The summed E-state index contributed by atoms with van der Waals surface area (Å²) >= 11 is 0. The minimum Gasteiger partial charge on any atom is -0.208 e. The van der Waals surface area contributed by atoms with Gasteiger partial charge in [-0.05, 0) is 51.6 Å². The fourth-order valence-electron chi connectivity index (χ4n) is 6.23. The third-order valence-corrected chi connectivity index (χ3v) is 8.51. The van der Waals surface area contributed by atoms with Crippen LogP contribution in [-0.2, 0) is 0 Å². The number of nitrogens with zero attached hydrogens (tertiary/aromatic N) is 6. The molecule has 9 aromatic rings. The molecule has 6 heteroatoms. The molecule has 0 saturated heterocycles. The fraction of sp³-hybridized carbons (Fsp3) is 0. The molecule has 0 aliphatic carbocycles. The van der Waals surface area contributed by atoms with E-state index in [2.05, 4.69) is 54.6 Å². The van der Waals surface area contributed by atoms with Crippen LogP contribution in [-0.4, -0.2) is 29.9 Å². The maximum absolute atomic E-state index is 5.01. The van der Waals surface area contributed by atoms with E-state index < -0.39 is 0 Å². The Balaban J connectivity index is 1.20. The Labute approximate surface area is 270 Å². The van der Waals surface area contributed by atoms with Gasteiger partial charge in [-0.2, -0.15) is 4.80 Å². The van der Waals surface area contributed by atoms with Crippen LogP contribution in [0.4, 0.5) is 0 Å². The van der Waals surface area contributed by atoms with Gasteiger partial charge < -0.3 is 0 Å². The van der Waals surface area contributed by atoms with E-state index >= 15 is 0 Å². The number of fused-ring (bicyclic) bond motifs is 5. The van der Waals surface area contributed by atoms with E-state index in [1.54, 1.807) is 4.80 Å². The Hall–Kier alpha value is -6.53. The first-order chi connectivity index (χ1) is 23.3. The van der Waals surface area contributed by atoms with Gasteiger partial charge >= 0.3 is 0 Å². The van der Waals surface area contributed by atoms with Gasteiger partial charge in [0.1, 0.15) is 11.0 Å². The first-order valence-corrected chi connectivity index (χ1v) is 15.5. The van der Waals surface area contributed by atoms with Crippen LogP contribution in [0.2, 0.25) is 0 Å². The summed E-state index contributed by atoms with van der Waals surface area (Å²) in [4.78, 5) is 16.6. The van der Waals surface area contributed by atoms with Crippen LogP contribution in [0.1, 0.15) is 0 Å². The van der Waals surface area contributed by atoms with Crippen LogP contribution in [0, 0.1) is 0 Å². The molecule has 0 aliphatic rings. The molecule has 6 nitrogen and oxygen atoms in total. The monoisotopic (exact) mass is 602 g/mol. The molecular formula is C41H26N6. The standard InChI is InChI=1S/C41H26N6/c1-4-12-28(13-5-1)39-42-40(29-14-6-2-7-15-29)44-41(43-39)35-19-11-10-18-33(35)30-22-24-34-31(26-30)21-20-27-23-25-36-38(37(27)34)46-47(45-36)32-16-8-3-9-17-32/h1-26H. The van der Waals surface area contributed by atoms with Crippen LogP contribution in [0.15, 0.2) is 158 Å². The molecule has 220 valence electrons. The number of aromatic nitrogens is 6. The van der Waals surface area contributed by atoms with Gasteiger partial charge in [0.15, 0.2) is 17.5 Å². The summed E-state index contributed by atoms with van der Waals surface area (Å²) in [5.41, 5.74) is 7.64. The molecule has 0 amide bonds. The zero-order chi connectivity index (χ0) is 31.2. The van der Waals surface area contributed by atoms with Crippen molar-refractivity contribution in [2.24, 2.45) is 0 Å². The minimum absolute atomic E-state index is 0.631. The van der Waals surface area contributed by atoms with E-state index in [1.807, 2.05) is 103 Å². The minimum atomic E-state index is 0.631. The SMILES string of the molecule is c1ccc(-c2nc(-c3ccccc3)nc(-c3ccccc3-c3ccc4c(ccc5ccc6nn(-c7ccccc7)nc6c54)c3)n2)cc1. The number of para-hydroxylation sites is 1. The summed E-state index contributed by atoms with van der Waals surface area (Å²) in [6.45, 7) is 0. The highest BCUT2D eigenvalue weighted by molar-refractivity contribution is 6.18. The van der Waals surface area contributed by atoms with E-state index in [4.69, 9.17) is 25.1 Å². The summed E-state index contributed by atoms with van der Waals surface area (Å²) in [7, 11) is 0. The number of benzene rings is 7. The Morgan fingerprint density at radius 3 is 1.68 bits per heavy atom. The Morgan fingerprint density at radius 1 is 0.404 bits per heavy atom. The molecular weight excluding hydrogens is 576 g/mol. The van der Waals surface area contributed by atoms with Gasteiger partial charge in [-0.25, -0.2) is 15.0 Å². The van der Waals surface area contributed by atoms with Gasteiger partial charge in [0.05, 0.1) is 5.69 Å². The van der Waals surface area contributed by atoms with Crippen molar-refractivity contribution in [2.75, 3.05) is 0 Å². The van der Waals surface area contributed by atoms with E-state index in [9.17, 15) is 0 Å². The summed E-state index contributed by atoms with van der Waals surface area (Å²) in [6, 6.07) is 53.6. The largest absolute Gasteiger partial charge is 0.208 e. The lowest BCUT2D eigenvalue weighted by Crippen LogP contribution is -2.01. The molecule has 0 spiro atoms. The zero-order valence-electron chi connectivity index (χ0n) is 25.2. The van der Waals surface area contributed by atoms with Crippen molar-refractivity contribution in [3.63, 3.8) is 0 Å². The van der Waals surface area contributed by atoms with Crippen molar-refractivity contribution >= 4 is 32.6 Å². The predicted octanol–water partition coefficient (Wildman–Crippen LogP) is 9.58. The Bertz CT molecular complexity index is 2500. The smallest absolute Gasteiger partial charge is 0.164 e. The second-order valence-corrected chi connectivity index (χ2v) is 11.4. The van der Waals surface area contributed by atoms with Gasteiger partial charge in [0.25, 0.3) is 0 Å².